The number of carboxylic acid groups (broad SMARTS) is 1. The molecule has 0 saturated carbocycles. The Kier molecular flexibility index (Phi) is 4.18. The molecule has 1 heterocycles. The van der Waals surface area contributed by atoms with Gasteiger partial charge in [0, 0.05) is 12.1 Å². The minimum Gasteiger partial charge on any atom is -0.504 e. The molecule has 1 aromatic rings. The third-order valence-electron chi connectivity index (χ3n) is 4.30. The summed E-state index contributed by atoms with van der Waals surface area (Å²) >= 11 is 0. The van der Waals surface area contributed by atoms with Crippen molar-refractivity contribution in [2.75, 3.05) is 13.7 Å². The molecule has 110 valence electrons. The van der Waals surface area contributed by atoms with Crippen molar-refractivity contribution in [1.29, 1.82) is 0 Å². The normalized spacial score (nSPS) is 24.6. The zero-order chi connectivity index (χ0) is 14.9. The summed E-state index contributed by atoms with van der Waals surface area (Å²) in [6.45, 7) is 4.77. The summed E-state index contributed by atoms with van der Waals surface area (Å²) in [5, 5.41) is 18.8. The molecule has 1 fully saturated rings. The molecule has 2 N–H and O–H groups in total. The lowest BCUT2D eigenvalue weighted by atomic mass is 10.0. The lowest BCUT2D eigenvalue weighted by Gasteiger charge is -2.30. The molecule has 0 spiro atoms. The standard InChI is InChI=1S/C15H21NO4/c1-9(11-4-5-13(17)14(8-11)20-3)16-7-6-12(10(16)2)15(18)19/h4-5,8-10,12,17H,6-7H2,1-3H3,(H,18,19). The number of likely N-dealkylation sites (tertiary alicyclic amines) is 1. The van der Waals surface area contributed by atoms with Crippen LogP contribution >= 0.6 is 0 Å². The van der Waals surface area contributed by atoms with Crippen LogP contribution < -0.4 is 4.74 Å². The van der Waals surface area contributed by atoms with Gasteiger partial charge < -0.3 is 14.9 Å². The van der Waals surface area contributed by atoms with Crippen LogP contribution in [0.3, 0.4) is 0 Å². The highest BCUT2D eigenvalue weighted by Crippen LogP contribution is 2.35. The first kappa shape index (κ1) is 14.7. The first-order valence-electron chi connectivity index (χ1n) is 6.81. The second-order valence-corrected chi connectivity index (χ2v) is 5.32. The highest BCUT2D eigenvalue weighted by atomic mass is 16.5. The van der Waals surface area contributed by atoms with Crippen molar-refractivity contribution >= 4 is 5.97 Å². The molecule has 0 aromatic heterocycles. The lowest BCUT2D eigenvalue weighted by molar-refractivity contribution is -0.142. The van der Waals surface area contributed by atoms with Crippen LogP contribution in [-0.4, -0.2) is 40.8 Å². The number of rotatable bonds is 4. The smallest absolute Gasteiger partial charge is 0.308 e. The summed E-state index contributed by atoms with van der Waals surface area (Å²) in [6.07, 6.45) is 0.677. The maximum Gasteiger partial charge on any atom is 0.308 e. The fourth-order valence-electron chi connectivity index (χ4n) is 2.99. The molecular weight excluding hydrogens is 258 g/mol. The van der Waals surface area contributed by atoms with E-state index in [-0.39, 0.29) is 23.8 Å². The Morgan fingerprint density at radius 2 is 2.20 bits per heavy atom. The topological polar surface area (TPSA) is 70.0 Å². The molecule has 3 atom stereocenters. The summed E-state index contributed by atoms with van der Waals surface area (Å²) < 4.78 is 5.12. The van der Waals surface area contributed by atoms with Gasteiger partial charge in [-0.15, -0.1) is 0 Å². The first-order chi connectivity index (χ1) is 9.45. The fourth-order valence-corrected chi connectivity index (χ4v) is 2.99. The third-order valence-corrected chi connectivity index (χ3v) is 4.30. The van der Waals surface area contributed by atoms with Gasteiger partial charge >= 0.3 is 5.97 Å². The molecule has 0 radical (unpaired) electrons. The van der Waals surface area contributed by atoms with E-state index in [1.165, 1.54) is 7.11 Å². The van der Waals surface area contributed by atoms with Gasteiger partial charge in [-0.2, -0.15) is 0 Å². The summed E-state index contributed by atoms with van der Waals surface area (Å²) in [6, 6.07) is 5.36. The van der Waals surface area contributed by atoms with E-state index in [0.29, 0.717) is 12.2 Å². The van der Waals surface area contributed by atoms with Crippen LogP contribution in [0, 0.1) is 5.92 Å². The summed E-state index contributed by atoms with van der Waals surface area (Å²) in [5.74, 6) is -0.482. The van der Waals surface area contributed by atoms with Crippen LogP contribution in [0.2, 0.25) is 0 Å². The lowest BCUT2D eigenvalue weighted by Crippen LogP contribution is -2.34. The van der Waals surface area contributed by atoms with Gasteiger partial charge in [-0.05, 0) is 44.5 Å². The van der Waals surface area contributed by atoms with Gasteiger partial charge in [0.15, 0.2) is 11.5 Å². The molecule has 0 bridgehead atoms. The molecule has 2 rings (SSSR count). The number of aromatic hydroxyl groups is 1. The SMILES string of the molecule is COc1cc(C(C)N2CCC(C(=O)O)C2C)ccc1O. The van der Waals surface area contributed by atoms with E-state index in [1.54, 1.807) is 12.1 Å². The number of phenolic OH excluding ortho intramolecular Hbond substituents is 1. The number of carboxylic acids is 1. The monoisotopic (exact) mass is 279 g/mol. The third kappa shape index (κ3) is 2.58. The predicted molar refractivity (Wildman–Crippen MR) is 75.0 cm³/mol. The molecule has 1 saturated heterocycles. The molecule has 1 aliphatic heterocycles. The van der Waals surface area contributed by atoms with E-state index >= 15 is 0 Å². The Morgan fingerprint density at radius 3 is 2.75 bits per heavy atom. The zero-order valence-corrected chi connectivity index (χ0v) is 12.0. The largest absolute Gasteiger partial charge is 0.504 e. The minimum atomic E-state index is -0.726. The summed E-state index contributed by atoms with van der Waals surface area (Å²) in [4.78, 5) is 13.4. The van der Waals surface area contributed by atoms with Crippen molar-refractivity contribution in [3.05, 3.63) is 23.8 Å². The van der Waals surface area contributed by atoms with Gasteiger partial charge in [0.1, 0.15) is 0 Å². The van der Waals surface area contributed by atoms with E-state index in [1.807, 2.05) is 19.9 Å². The fraction of sp³-hybridized carbons (Fsp3) is 0.533. The number of methoxy groups -OCH3 is 1. The van der Waals surface area contributed by atoms with Gasteiger partial charge in [0.2, 0.25) is 0 Å². The Morgan fingerprint density at radius 1 is 1.50 bits per heavy atom. The van der Waals surface area contributed by atoms with E-state index in [2.05, 4.69) is 4.90 Å². The predicted octanol–water partition coefficient (Wildman–Crippen LogP) is 2.26. The van der Waals surface area contributed by atoms with E-state index in [9.17, 15) is 15.0 Å². The first-order valence-corrected chi connectivity index (χ1v) is 6.81. The van der Waals surface area contributed by atoms with Crippen molar-refractivity contribution in [3.8, 4) is 11.5 Å². The van der Waals surface area contributed by atoms with E-state index in [4.69, 9.17) is 4.74 Å². The summed E-state index contributed by atoms with van der Waals surface area (Å²) in [7, 11) is 1.52. The highest BCUT2D eigenvalue weighted by molar-refractivity contribution is 5.71. The molecule has 0 aliphatic carbocycles. The number of aliphatic carboxylic acids is 1. The molecule has 5 heteroatoms. The summed E-state index contributed by atoms with van der Waals surface area (Å²) in [5.41, 5.74) is 1.01. The van der Waals surface area contributed by atoms with Gasteiger partial charge in [-0.3, -0.25) is 9.69 Å². The Hall–Kier alpha value is -1.75. The van der Waals surface area contributed by atoms with Gasteiger partial charge in [0.05, 0.1) is 13.0 Å². The number of benzene rings is 1. The minimum absolute atomic E-state index is 0.00213. The zero-order valence-electron chi connectivity index (χ0n) is 12.0. The molecule has 20 heavy (non-hydrogen) atoms. The van der Waals surface area contributed by atoms with Gasteiger partial charge in [0.25, 0.3) is 0 Å². The molecule has 1 aromatic carbocycles. The Balaban J connectivity index is 2.20. The van der Waals surface area contributed by atoms with Crippen molar-refractivity contribution in [3.63, 3.8) is 0 Å². The van der Waals surface area contributed by atoms with Gasteiger partial charge in [-0.25, -0.2) is 0 Å². The van der Waals surface area contributed by atoms with Crippen LogP contribution in [0.25, 0.3) is 0 Å². The second kappa shape index (κ2) is 5.71. The van der Waals surface area contributed by atoms with Crippen LogP contribution in [0.4, 0.5) is 0 Å². The molecule has 5 nitrogen and oxygen atoms in total. The van der Waals surface area contributed by atoms with Crippen LogP contribution in [0.1, 0.15) is 31.9 Å². The number of carbonyl (C=O) groups is 1. The molecule has 3 unspecified atom stereocenters. The Bertz CT molecular complexity index is 503. The van der Waals surface area contributed by atoms with Crippen LogP contribution in [-0.2, 0) is 4.79 Å². The molecular formula is C15H21NO4. The molecule has 1 aliphatic rings. The van der Waals surface area contributed by atoms with Crippen molar-refractivity contribution < 1.29 is 19.7 Å². The van der Waals surface area contributed by atoms with Crippen LogP contribution in [0.5, 0.6) is 11.5 Å². The Labute approximate surface area is 118 Å². The quantitative estimate of drug-likeness (QED) is 0.884. The number of ether oxygens (including phenoxy) is 1. The average molecular weight is 279 g/mol. The number of phenols is 1. The van der Waals surface area contributed by atoms with Crippen molar-refractivity contribution in [2.24, 2.45) is 5.92 Å². The molecule has 0 amide bonds. The number of hydrogen-bond acceptors (Lipinski definition) is 4. The maximum absolute atomic E-state index is 11.2. The van der Waals surface area contributed by atoms with Crippen molar-refractivity contribution in [2.45, 2.75) is 32.4 Å². The number of hydrogen-bond donors (Lipinski definition) is 2. The second-order valence-electron chi connectivity index (χ2n) is 5.32. The maximum atomic E-state index is 11.2. The van der Waals surface area contributed by atoms with E-state index < -0.39 is 5.97 Å². The average Bonchev–Trinajstić information content (AvgIpc) is 2.80. The number of nitrogens with zero attached hydrogens (tertiary/aromatic N) is 1. The highest BCUT2D eigenvalue weighted by Gasteiger charge is 2.38. The van der Waals surface area contributed by atoms with Crippen LogP contribution in [0.15, 0.2) is 18.2 Å². The van der Waals surface area contributed by atoms with Crippen molar-refractivity contribution in [1.82, 2.24) is 4.90 Å². The van der Waals surface area contributed by atoms with Gasteiger partial charge in [-0.1, -0.05) is 6.07 Å². The van der Waals surface area contributed by atoms with E-state index in [0.717, 1.165) is 12.1 Å².